The molecule has 0 aromatic carbocycles. The molecule has 1 heterocycles. The van der Waals surface area contributed by atoms with Crippen LogP contribution in [0, 0.1) is 16.1 Å². The van der Waals surface area contributed by atoms with Crippen LogP contribution in [0.1, 0.15) is 22.3 Å². The van der Waals surface area contributed by atoms with Crippen LogP contribution in [0.5, 0.6) is 0 Å². The predicted molar refractivity (Wildman–Crippen MR) is 46.0 cm³/mol. The van der Waals surface area contributed by atoms with Gasteiger partial charge in [0, 0.05) is 6.20 Å². The third-order valence-electron chi connectivity index (χ3n) is 1.65. The SMILES string of the molecule is O=C(Cl)c1c(C(F)F)cnc(F)c1[N+](=O)[O-]. The van der Waals surface area contributed by atoms with Crippen molar-refractivity contribution in [2.24, 2.45) is 0 Å². The molecule has 1 aromatic rings. The monoisotopic (exact) mass is 254 g/mol. The van der Waals surface area contributed by atoms with Crippen molar-refractivity contribution < 1.29 is 22.9 Å². The molecule has 16 heavy (non-hydrogen) atoms. The van der Waals surface area contributed by atoms with Crippen LogP contribution in [0.15, 0.2) is 6.20 Å². The topological polar surface area (TPSA) is 73.1 Å². The van der Waals surface area contributed by atoms with Crippen LogP contribution in [-0.4, -0.2) is 15.1 Å². The quantitative estimate of drug-likeness (QED) is 0.359. The van der Waals surface area contributed by atoms with Crippen LogP contribution >= 0.6 is 11.6 Å². The van der Waals surface area contributed by atoms with Crippen molar-refractivity contribution in [1.82, 2.24) is 4.98 Å². The second-order valence-corrected chi connectivity index (χ2v) is 2.90. The molecule has 1 aromatic heterocycles. The molecule has 0 atom stereocenters. The van der Waals surface area contributed by atoms with Crippen LogP contribution in [-0.2, 0) is 0 Å². The van der Waals surface area contributed by atoms with E-state index in [-0.39, 0.29) is 0 Å². The molecule has 86 valence electrons. The number of carbonyl (C=O) groups is 1. The zero-order valence-corrected chi connectivity index (χ0v) is 8.04. The summed E-state index contributed by atoms with van der Waals surface area (Å²) >= 11 is 4.90. The summed E-state index contributed by atoms with van der Waals surface area (Å²) in [6, 6.07) is 0. The number of carbonyl (C=O) groups excluding carboxylic acids is 1. The first-order valence-electron chi connectivity index (χ1n) is 3.67. The van der Waals surface area contributed by atoms with E-state index in [9.17, 15) is 28.1 Å². The first-order valence-corrected chi connectivity index (χ1v) is 4.04. The summed E-state index contributed by atoms with van der Waals surface area (Å²) in [7, 11) is 0. The van der Waals surface area contributed by atoms with Gasteiger partial charge in [-0.3, -0.25) is 14.9 Å². The number of nitrogens with zero attached hydrogens (tertiary/aromatic N) is 2. The van der Waals surface area contributed by atoms with Gasteiger partial charge in [0.15, 0.2) is 0 Å². The Morgan fingerprint density at radius 3 is 2.50 bits per heavy atom. The molecule has 0 saturated carbocycles. The summed E-state index contributed by atoms with van der Waals surface area (Å²) in [5, 5.41) is 8.85. The average Bonchev–Trinajstić information content (AvgIpc) is 2.15. The fourth-order valence-corrected chi connectivity index (χ4v) is 1.23. The van der Waals surface area contributed by atoms with Crippen molar-refractivity contribution in [3.63, 3.8) is 0 Å². The van der Waals surface area contributed by atoms with E-state index >= 15 is 0 Å². The van der Waals surface area contributed by atoms with Gasteiger partial charge in [0.25, 0.3) is 17.6 Å². The Kier molecular flexibility index (Phi) is 3.43. The molecule has 0 bridgehead atoms. The van der Waals surface area contributed by atoms with Gasteiger partial charge in [-0.1, -0.05) is 0 Å². The third kappa shape index (κ3) is 2.11. The summed E-state index contributed by atoms with van der Waals surface area (Å²) in [4.78, 5) is 22.6. The molecule has 0 unspecified atom stereocenters. The minimum absolute atomic E-state index is 0.336. The molecular weight excluding hydrogens is 253 g/mol. The number of nitro groups is 1. The van der Waals surface area contributed by atoms with Gasteiger partial charge in [-0.15, -0.1) is 0 Å². The second-order valence-electron chi connectivity index (χ2n) is 2.56. The molecule has 1 rings (SSSR count). The van der Waals surface area contributed by atoms with E-state index in [1.807, 2.05) is 0 Å². The number of hydrogen-bond acceptors (Lipinski definition) is 4. The van der Waals surface area contributed by atoms with Crippen LogP contribution in [0.3, 0.4) is 0 Å². The lowest BCUT2D eigenvalue weighted by atomic mass is 10.1. The number of halogens is 4. The summed E-state index contributed by atoms with van der Waals surface area (Å²) in [5.41, 5.74) is -3.69. The maximum absolute atomic E-state index is 12.9. The normalized spacial score (nSPS) is 10.6. The summed E-state index contributed by atoms with van der Waals surface area (Å²) in [5.74, 6) is -1.64. The van der Waals surface area contributed by atoms with Crippen LogP contribution in [0.25, 0.3) is 0 Å². The lowest BCUT2D eigenvalue weighted by Crippen LogP contribution is -2.08. The van der Waals surface area contributed by atoms with Crippen molar-refractivity contribution in [3.8, 4) is 0 Å². The van der Waals surface area contributed by atoms with Crippen molar-refractivity contribution in [2.75, 3.05) is 0 Å². The Morgan fingerprint density at radius 1 is 1.56 bits per heavy atom. The van der Waals surface area contributed by atoms with Gasteiger partial charge in [0.2, 0.25) is 0 Å². The lowest BCUT2D eigenvalue weighted by molar-refractivity contribution is -0.388. The van der Waals surface area contributed by atoms with E-state index in [2.05, 4.69) is 4.98 Å². The molecule has 0 saturated heterocycles. The van der Waals surface area contributed by atoms with E-state index in [4.69, 9.17) is 11.6 Å². The van der Waals surface area contributed by atoms with E-state index in [1.165, 1.54) is 0 Å². The molecule has 5 nitrogen and oxygen atoms in total. The van der Waals surface area contributed by atoms with Gasteiger partial charge in [-0.2, -0.15) is 4.39 Å². The minimum atomic E-state index is -3.22. The van der Waals surface area contributed by atoms with E-state index in [1.54, 1.807) is 0 Å². The summed E-state index contributed by atoms with van der Waals surface area (Å²) in [6.07, 6.45) is -2.88. The Hall–Kier alpha value is -1.70. The lowest BCUT2D eigenvalue weighted by Gasteiger charge is -2.05. The van der Waals surface area contributed by atoms with Crippen LogP contribution < -0.4 is 0 Å². The number of aromatic nitrogens is 1. The largest absolute Gasteiger partial charge is 0.336 e. The van der Waals surface area contributed by atoms with Crippen LogP contribution in [0.4, 0.5) is 18.9 Å². The molecule has 0 aliphatic rings. The fraction of sp³-hybridized carbons (Fsp3) is 0.143. The van der Waals surface area contributed by atoms with Gasteiger partial charge in [-0.05, 0) is 11.6 Å². The Balaban J connectivity index is 3.63. The first kappa shape index (κ1) is 12.4. The zero-order valence-electron chi connectivity index (χ0n) is 7.29. The number of rotatable bonds is 3. The van der Waals surface area contributed by atoms with Crippen molar-refractivity contribution >= 4 is 22.5 Å². The second kappa shape index (κ2) is 4.44. The molecule has 0 spiro atoms. The Bertz CT molecular complexity index is 466. The Labute approximate surface area is 91.0 Å². The van der Waals surface area contributed by atoms with Gasteiger partial charge in [0.1, 0.15) is 5.56 Å². The summed E-state index contributed by atoms with van der Waals surface area (Å²) < 4.78 is 37.6. The first-order chi connectivity index (χ1) is 7.36. The molecule has 0 radical (unpaired) electrons. The van der Waals surface area contributed by atoms with E-state index in [0.717, 1.165) is 0 Å². The van der Waals surface area contributed by atoms with Gasteiger partial charge in [0.05, 0.1) is 10.5 Å². The molecule has 9 heteroatoms. The van der Waals surface area contributed by atoms with Crippen LogP contribution in [0.2, 0.25) is 0 Å². The number of alkyl halides is 2. The summed E-state index contributed by atoms with van der Waals surface area (Å²) in [6.45, 7) is 0. The van der Waals surface area contributed by atoms with Crippen molar-refractivity contribution in [3.05, 3.63) is 33.4 Å². The van der Waals surface area contributed by atoms with Crippen molar-refractivity contribution in [2.45, 2.75) is 6.43 Å². The highest BCUT2D eigenvalue weighted by atomic mass is 35.5. The highest BCUT2D eigenvalue weighted by Crippen LogP contribution is 2.31. The van der Waals surface area contributed by atoms with Gasteiger partial charge >= 0.3 is 5.69 Å². The molecule has 0 aliphatic heterocycles. The molecule has 0 fully saturated rings. The minimum Gasteiger partial charge on any atom is -0.275 e. The average molecular weight is 255 g/mol. The maximum atomic E-state index is 12.9. The standard InChI is InChI=1S/C7H2ClF3N2O3/c8-5(14)3-2(6(9)10)1-12-7(11)4(3)13(15)16/h1,6H. The van der Waals surface area contributed by atoms with Crippen molar-refractivity contribution in [1.29, 1.82) is 0 Å². The number of pyridine rings is 1. The van der Waals surface area contributed by atoms with Gasteiger partial charge < -0.3 is 0 Å². The van der Waals surface area contributed by atoms with E-state index < -0.39 is 39.4 Å². The maximum Gasteiger partial charge on any atom is 0.336 e. The smallest absolute Gasteiger partial charge is 0.275 e. The highest BCUT2D eigenvalue weighted by Gasteiger charge is 2.32. The molecule has 0 aliphatic carbocycles. The molecule has 0 amide bonds. The van der Waals surface area contributed by atoms with Gasteiger partial charge in [-0.25, -0.2) is 13.8 Å². The molecular formula is C7H2ClF3N2O3. The Morgan fingerprint density at radius 2 is 2.12 bits per heavy atom. The fourth-order valence-electron chi connectivity index (χ4n) is 1.03. The predicted octanol–water partition coefficient (Wildman–Crippen LogP) is 2.45. The third-order valence-corrected chi connectivity index (χ3v) is 1.84. The van der Waals surface area contributed by atoms with E-state index in [0.29, 0.717) is 6.20 Å². The number of hydrogen-bond donors (Lipinski definition) is 0. The highest BCUT2D eigenvalue weighted by molar-refractivity contribution is 6.68. The molecule has 0 N–H and O–H groups in total. The zero-order chi connectivity index (χ0) is 12.5.